The van der Waals surface area contributed by atoms with Crippen LogP contribution in [0.4, 0.5) is 0 Å². The molecular formula is C21H27NO4. The van der Waals surface area contributed by atoms with E-state index in [0.717, 1.165) is 6.42 Å². The molecule has 0 bridgehead atoms. The summed E-state index contributed by atoms with van der Waals surface area (Å²) in [6.45, 7) is 6.16. The van der Waals surface area contributed by atoms with E-state index in [1.165, 1.54) is 30.9 Å². The van der Waals surface area contributed by atoms with Crippen molar-refractivity contribution in [3.8, 4) is 17.2 Å². The average molecular weight is 357 g/mol. The number of nitrogens with one attached hydrogen (secondary N) is 1. The van der Waals surface area contributed by atoms with Crippen molar-refractivity contribution in [3.63, 3.8) is 0 Å². The van der Waals surface area contributed by atoms with Crippen LogP contribution in [-0.2, 0) is 6.42 Å². The van der Waals surface area contributed by atoms with Crippen molar-refractivity contribution in [2.24, 2.45) is 0 Å². The van der Waals surface area contributed by atoms with Crippen LogP contribution in [-0.4, -0.2) is 33.3 Å². The third kappa shape index (κ3) is 4.28. The van der Waals surface area contributed by atoms with Gasteiger partial charge in [-0.25, -0.2) is 0 Å². The van der Waals surface area contributed by atoms with Gasteiger partial charge in [-0.2, -0.15) is 0 Å². The Balaban J connectivity index is 2.18. The first kappa shape index (κ1) is 19.6. The van der Waals surface area contributed by atoms with Crippen molar-refractivity contribution in [1.29, 1.82) is 0 Å². The molecule has 0 saturated carbocycles. The zero-order chi connectivity index (χ0) is 19.3. The predicted molar refractivity (Wildman–Crippen MR) is 103 cm³/mol. The highest BCUT2D eigenvalue weighted by atomic mass is 16.5. The molecule has 2 rings (SSSR count). The summed E-state index contributed by atoms with van der Waals surface area (Å²) in [6, 6.07) is 9.71. The van der Waals surface area contributed by atoms with Gasteiger partial charge in [0.25, 0.3) is 5.91 Å². The lowest BCUT2D eigenvalue weighted by molar-refractivity contribution is 0.0936. The van der Waals surface area contributed by atoms with E-state index in [9.17, 15) is 4.79 Å². The Morgan fingerprint density at radius 1 is 1.00 bits per heavy atom. The molecule has 0 aliphatic rings. The fourth-order valence-corrected chi connectivity index (χ4v) is 3.04. The highest BCUT2D eigenvalue weighted by molar-refractivity contribution is 5.98. The van der Waals surface area contributed by atoms with Gasteiger partial charge in [-0.15, -0.1) is 0 Å². The maximum absolute atomic E-state index is 12.7. The second kappa shape index (κ2) is 8.61. The van der Waals surface area contributed by atoms with Crippen LogP contribution in [0.2, 0.25) is 0 Å². The third-order valence-corrected chi connectivity index (χ3v) is 4.35. The first-order valence-corrected chi connectivity index (χ1v) is 8.57. The fraction of sp³-hybridized carbons (Fsp3) is 0.381. The van der Waals surface area contributed by atoms with Crippen molar-refractivity contribution in [2.45, 2.75) is 33.2 Å². The fourth-order valence-electron chi connectivity index (χ4n) is 3.04. The van der Waals surface area contributed by atoms with Crippen molar-refractivity contribution >= 4 is 5.91 Å². The molecule has 140 valence electrons. The lowest BCUT2D eigenvalue weighted by atomic mass is 9.99. The molecule has 0 radical (unpaired) electrons. The maximum Gasteiger partial charge on any atom is 0.255 e. The van der Waals surface area contributed by atoms with Crippen LogP contribution in [0.5, 0.6) is 17.2 Å². The number of ether oxygens (including phenoxy) is 3. The lowest BCUT2D eigenvalue weighted by Gasteiger charge is -2.18. The number of benzene rings is 2. The number of amides is 1. The van der Waals surface area contributed by atoms with E-state index in [1.807, 2.05) is 6.92 Å². The second-order valence-corrected chi connectivity index (χ2v) is 6.39. The zero-order valence-corrected chi connectivity index (χ0v) is 16.3. The number of hydrogen-bond donors (Lipinski definition) is 1. The van der Waals surface area contributed by atoms with Gasteiger partial charge in [0, 0.05) is 6.04 Å². The van der Waals surface area contributed by atoms with Crippen molar-refractivity contribution in [1.82, 2.24) is 5.32 Å². The molecule has 26 heavy (non-hydrogen) atoms. The number of rotatable bonds is 7. The molecule has 0 heterocycles. The van der Waals surface area contributed by atoms with E-state index in [4.69, 9.17) is 14.2 Å². The molecule has 0 spiro atoms. The van der Waals surface area contributed by atoms with Gasteiger partial charge < -0.3 is 19.5 Å². The Morgan fingerprint density at radius 3 is 2.27 bits per heavy atom. The molecule has 0 aromatic heterocycles. The van der Waals surface area contributed by atoms with Gasteiger partial charge in [0.2, 0.25) is 5.75 Å². The molecule has 1 N–H and O–H groups in total. The highest BCUT2D eigenvalue weighted by Gasteiger charge is 2.21. The molecule has 1 amide bonds. The Morgan fingerprint density at radius 2 is 1.69 bits per heavy atom. The van der Waals surface area contributed by atoms with E-state index < -0.39 is 0 Å². The van der Waals surface area contributed by atoms with Gasteiger partial charge in [-0.1, -0.05) is 23.8 Å². The summed E-state index contributed by atoms with van der Waals surface area (Å²) in [5.41, 5.74) is 4.10. The van der Waals surface area contributed by atoms with E-state index in [2.05, 4.69) is 37.4 Å². The number of hydrogen-bond acceptors (Lipinski definition) is 4. The van der Waals surface area contributed by atoms with E-state index in [-0.39, 0.29) is 11.9 Å². The highest BCUT2D eigenvalue weighted by Crippen LogP contribution is 2.39. The molecule has 2 aromatic carbocycles. The smallest absolute Gasteiger partial charge is 0.255 e. The topological polar surface area (TPSA) is 56.8 Å². The summed E-state index contributed by atoms with van der Waals surface area (Å²) in [6.07, 6.45) is 0.757. The van der Waals surface area contributed by atoms with Gasteiger partial charge in [-0.3, -0.25) is 4.79 Å². The standard InChI is InChI=1S/C21H27NO4/c1-13-7-8-16(14(2)11-13)12-15(3)22-21(23)17-9-10-18(24-4)20(26-6)19(17)25-5/h7-11,15H,12H2,1-6H3,(H,22,23). The van der Waals surface area contributed by atoms with Crippen LogP contribution in [0.1, 0.15) is 34.0 Å². The Kier molecular flexibility index (Phi) is 6.50. The van der Waals surface area contributed by atoms with E-state index in [1.54, 1.807) is 19.2 Å². The lowest BCUT2D eigenvalue weighted by Crippen LogP contribution is -2.34. The molecular weight excluding hydrogens is 330 g/mol. The molecule has 5 nitrogen and oxygen atoms in total. The van der Waals surface area contributed by atoms with Crippen LogP contribution in [0, 0.1) is 13.8 Å². The monoisotopic (exact) mass is 357 g/mol. The van der Waals surface area contributed by atoms with Crippen LogP contribution in [0.15, 0.2) is 30.3 Å². The minimum Gasteiger partial charge on any atom is -0.493 e. The third-order valence-electron chi connectivity index (χ3n) is 4.35. The van der Waals surface area contributed by atoms with Crippen LogP contribution < -0.4 is 19.5 Å². The van der Waals surface area contributed by atoms with Gasteiger partial charge in [0.15, 0.2) is 11.5 Å². The Bertz CT molecular complexity index is 786. The quantitative estimate of drug-likeness (QED) is 0.821. The van der Waals surface area contributed by atoms with E-state index >= 15 is 0 Å². The molecule has 2 aromatic rings. The number of aryl methyl sites for hydroxylation is 2. The Hall–Kier alpha value is -2.69. The van der Waals surface area contributed by atoms with E-state index in [0.29, 0.717) is 22.8 Å². The van der Waals surface area contributed by atoms with Gasteiger partial charge >= 0.3 is 0 Å². The van der Waals surface area contributed by atoms with Gasteiger partial charge in [0.1, 0.15) is 0 Å². The van der Waals surface area contributed by atoms with Gasteiger partial charge in [-0.05, 0) is 50.5 Å². The molecule has 1 unspecified atom stereocenters. The van der Waals surface area contributed by atoms with Gasteiger partial charge in [0.05, 0.1) is 26.9 Å². The van der Waals surface area contributed by atoms with Crippen molar-refractivity contribution in [2.75, 3.05) is 21.3 Å². The zero-order valence-electron chi connectivity index (χ0n) is 16.3. The van der Waals surface area contributed by atoms with Crippen LogP contribution >= 0.6 is 0 Å². The summed E-state index contributed by atoms with van der Waals surface area (Å²) in [5.74, 6) is 1.08. The second-order valence-electron chi connectivity index (χ2n) is 6.39. The predicted octanol–water partition coefficient (Wildman–Crippen LogP) is 3.69. The molecule has 0 saturated heterocycles. The molecule has 0 aliphatic heterocycles. The number of carbonyl (C=O) groups excluding carboxylic acids is 1. The van der Waals surface area contributed by atoms with Crippen molar-refractivity contribution in [3.05, 3.63) is 52.6 Å². The van der Waals surface area contributed by atoms with Crippen LogP contribution in [0.3, 0.4) is 0 Å². The SMILES string of the molecule is COc1ccc(C(=O)NC(C)Cc2ccc(C)cc2C)c(OC)c1OC. The Labute approximate surface area is 155 Å². The molecule has 5 heteroatoms. The summed E-state index contributed by atoms with van der Waals surface area (Å²) in [5, 5.41) is 3.03. The van der Waals surface area contributed by atoms with Crippen LogP contribution in [0.25, 0.3) is 0 Å². The largest absolute Gasteiger partial charge is 0.493 e. The minimum atomic E-state index is -0.208. The minimum absolute atomic E-state index is 0.0262. The molecule has 0 aliphatic carbocycles. The summed E-state index contributed by atoms with van der Waals surface area (Å²) >= 11 is 0. The first-order chi connectivity index (χ1) is 12.4. The summed E-state index contributed by atoms with van der Waals surface area (Å²) in [4.78, 5) is 12.7. The average Bonchev–Trinajstić information content (AvgIpc) is 2.62. The first-order valence-electron chi connectivity index (χ1n) is 8.57. The number of carbonyl (C=O) groups is 1. The van der Waals surface area contributed by atoms with Crippen molar-refractivity contribution < 1.29 is 19.0 Å². The molecule has 1 atom stereocenters. The normalized spacial score (nSPS) is 11.6. The maximum atomic E-state index is 12.7. The summed E-state index contributed by atoms with van der Waals surface area (Å²) in [7, 11) is 4.57. The number of methoxy groups -OCH3 is 3. The summed E-state index contributed by atoms with van der Waals surface area (Å²) < 4.78 is 16.0. The molecule has 0 fully saturated rings.